The van der Waals surface area contributed by atoms with E-state index in [1.54, 1.807) is 33.0 Å². The Morgan fingerprint density at radius 1 is 0.744 bits per heavy atom. The van der Waals surface area contributed by atoms with Crippen molar-refractivity contribution in [1.82, 2.24) is 9.21 Å². The van der Waals surface area contributed by atoms with Gasteiger partial charge in [-0.3, -0.25) is 4.79 Å². The predicted octanol–water partition coefficient (Wildman–Crippen LogP) is 4.80. The molecule has 0 bridgehead atoms. The van der Waals surface area contributed by atoms with Gasteiger partial charge in [0, 0.05) is 20.1 Å². The fourth-order valence-corrected chi connectivity index (χ4v) is 6.48. The number of benzene rings is 3. The van der Waals surface area contributed by atoms with Crippen molar-refractivity contribution >= 4 is 15.9 Å². The Kier molecular flexibility index (Phi) is 9.63. The van der Waals surface area contributed by atoms with Crippen LogP contribution in [0.5, 0.6) is 17.2 Å². The van der Waals surface area contributed by atoms with Crippen molar-refractivity contribution in [1.29, 1.82) is 0 Å². The van der Waals surface area contributed by atoms with Gasteiger partial charge in [0.2, 0.25) is 21.7 Å². The van der Waals surface area contributed by atoms with Crippen LogP contribution in [0.3, 0.4) is 0 Å². The summed E-state index contributed by atoms with van der Waals surface area (Å²) >= 11 is 0. The molecule has 3 rings (SSSR count). The molecule has 0 aliphatic rings. The quantitative estimate of drug-likeness (QED) is 0.339. The van der Waals surface area contributed by atoms with Crippen molar-refractivity contribution < 1.29 is 27.4 Å². The molecule has 3 aromatic rings. The molecule has 210 valence electrons. The first-order valence-electron chi connectivity index (χ1n) is 12.6. The van der Waals surface area contributed by atoms with Crippen molar-refractivity contribution in [2.75, 3.05) is 34.9 Å². The molecular formula is C30H38N2O6S. The molecule has 0 heterocycles. The lowest BCUT2D eigenvalue weighted by molar-refractivity contribution is -0.130. The Balaban J connectivity index is 1.94. The molecule has 0 spiro atoms. The van der Waals surface area contributed by atoms with Crippen molar-refractivity contribution in [2.45, 2.75) is 45.7 Å². The number of nitrogens with zero attached hydrogens (tertiary/aromatic N) is 2. The highest BCUT2D eigenvalue weighted by Gasteiger charge is 2.31. The van der Waals surface area contributed by atoms with Gasteiger partial charge in [0.1, 0.15) is 0 Å². The minimum atomic E-state index is -3.99. The molecule has 0 atom stereocenters. The van der Waals surface area contributed by atoms with Gasteiger partial charge >= 0.3 is 0 Å². The lowest BCUT2D eigenvalue weighted by Crippen LogP contribution is -2.41. The molecule has 0 N–H and O–H groups in total. The molecule has 3 aromatic carbocycles. The third-order valence-electron chi connectivity index (χ3n) is 6.56. The zero-order valence-corrected chi connectivity index (χ0v) is 24.8. The summed E-state index contributed by atoms with van der Waals surface area (Å²) in [5.74, 6) is 1.06. The second-order valence-corrected chi connectivity index (χ2v) is 11.6. The number of rotatable bonds is 11. The van der Waals surface area contributed by atoms with Gasteiger partial charge in [0.05, 0.1) is 32.8 Å². The van der Waals surface area contributed by atoms with Gasteiger partial charge in [0.15, 0.2) is 11.5 Å². The van der Waals surface area contributed by atoms with Gasteiger partial charge in [-0.2, -0.15) is 4.31 Å². The molecular weight excluding hydrogens is 516 g/mol. The molecule has 0 saturated heterocycles. The first-order valence-corrected chi connectivity index (χ1v) is 14.0. The summed E-state index contributed by atoms with van der Waals surface area (Å²) in [5.41, 5.74) is 4.90. The van der Waals surface area contributed by atoms with Crippen molar-refractivity contribution in [2.24, 2.45) is 0 Å². The van der Waals surface area contributed by atoms with E-state index in [1.165, 1.54) is 30.5 Å². The number of sulfonamides is 1. The maximum atomic E-state index is 14.0. The van der Waals surface area contributed by atoms with Gasteiger partial charge < -0.3 is 19.1 Å². The third-order valence-corrected chi connectivity index (χ3v) is 8.66. The smallest absolute Gasteiger partial charge is 0.244 e. The zero-order chi connectivity index (χ0) is 28.9. The third kappa shape index (κ3) is 6.91. The number of aryl methyl sites for hydroxylation is 4. The van der Waals surface area contributed by atoms with Crippen LogP contribution in [0.15, 0.2) is 53.4 Å². The summed E-state index contributed by atoms with van der Waals surface area (Å²) in [6.07, 6.45) is 0. The Labute approximate surface area is 232 Å². The van der Waals surface area contributed by atoms with Crippen LogP contribution in [0.1, 0.15) is 33.4 Å². The van der Waals surface area contributed by atoms with E-state index in [-0.39, 0.29) is 30.4 Å². The molecule has 0 fully saturated rings. The zero-order valence-electron chi connectivity index (χ0n) is 24.0. The Morgan fingerprint density at radius 3 is 1.77 bits per heavy atom. The van der Waals surface area contributed by atoms with Crippen molar-refractivity contribution in [3.8, 4) is 17.2 Å². The van der Waals surface area contributed by atoms with Gasteiger partial charge in [-0.1, -0.05) is 47.5 Å². The predicted molar refractivity (Wildman–Crippen MR) is 152 cm³/mol. The molecule has 0 saturated carbocycles. The van der Waals surface area contributed by atoms with E-state index in [1.807, 2.05) is 50.2 Å². The molecule has 0 aliphatic heterocycles. The van der Waals surface area contributed by atoms with E-state index >= 15 is 0 Å². The molecule has 39 heavy (non-hydrogen) atoms. The largest absolute Gasteiger partial charge is 0.493 e. The van der Waals surface area contributed by atoms with Crippen LogP contribution in [0.25, 0.3) is 0 Å². The minimum Gasteiger partial charge on any atom is -0.493 e. The first-order chi connectivity index (χ1) is 18.4. The second-order valence-electron chi connectivity index (χ2n) is 9.77. The first kappa shape index (κ1) is 30.0. The highest BCUT2D eigenvalue weighted by atomic mass is 32.2. The number of likely N-dealkylation sites (N-methyl/N-ethyl adjacent to an activating group) is 1. The van der Waals surface area contributed by atoms with Crippen molar-refractivity contribution in [3.05, 3.63) is 81.9 Å². The van der Waals surface area contributed by atoms with Crippen LogP contribution in [0, 0.1) is 27.7 Å². The summed E-state index contributed by atoms with van der Waals surface area (Å²) in [5, 5.41) is 0. The summed E-state index contributed by atoms with van der Waals surface area (Å²) in [4.78, 5) is 15.2. The highest BCUT2D eigenvalue weighted by molar-refractivity contribution is 7.89. The molecule has 0 unspecified atom stereocenters. The number of carbonyl (C=O) groups is 1. The Morgan fingerprint density at radius 2 is 1.28 bits per heavy atom. The standard InChI is InChI=1S/C30H38N2O6S/c1-20-9-11-24(12-10-20)18-32(39(34,35)30-22(3)13-21(2)14-23(30)4)19-28(33)31(5)17-25-15-26(36-6)29(38-8)27(16-25)37-7/h9-16H,17-19H2,1-8H3. The maximum Gasteiger partial charge on any atom is 0.244 e. The van der Waals surface area contributed by atoms with Crippen LogP contribution in [-0.4, -0.2) is 58.5 Å². The van der Waals surface area contributed by atoms with Gasteiger partial charge in [0.25, 0.3) is 0 Å². The van der Waals surface area contributed by atoms with Crippen LogP contribution < -0.4 is 14.2 Å². The van der Waals surface area contributed by atoms with E-state index in [4.69, 9.17) is 14.2 Å². The lowest BCUT2D eigenvalue weighted by Gasteiger charge is -2.27. The highest BCUT2D eigenvalue weighted by Crippen LogP contribution is 2.38. The van der Waals surface area contributed by atoms with E-state index in [0.717, 1.165) is 22.3 Å². The van der Waals surface area contributed by atoms with Crippen molar-refractivity contribution in [3.63, 3.8) is 0 Å². The van der Waals surface area contributed by atoms with E-state index in [0.29, 0.717) is 28.4 Å². The Hall–Kier alpha value is -3.56. The van der Waals surface area contributed by atoms with E-state index in [9.17, 15) is 13.2 Å². The number of ether oxygens (including phenoxy) is 3. The molecule has 0 aromatic heterocycles. The average molecular weight is 555 g/mol. The van der Waals surface area contributed by atoms with E-state index < -0.39 is 10.0 Å². The van der Waals surface area contributed by atoms with Crippen LogP contribution in [-0.2, 0) is 27.9 Å². The van der Waals surface area contributed by atoms with Gasteiger partial charge in [-0.25, -0.2) is 8.42 Å². The summed E-state index contributed by atoms with van der Waals surface area (Å²) < 4.78 is 45.5. The lowest BCUT2D eigenvalue weighted by atomic mass is 10.1. The van der Waals surface area contributed by atoms with Crippen LogP contribution in [0.4, 0.5) is 0 Å². The summed E-state index contributed by atoms with van der Waals surface area (Å²) in [6.45, 7) is 7.45. The monoisotopic (exact) mass is 554 g/mol. The fraction of sp³-hybridized carbons (Fsp3) is 0.367. The Bertz CT molecular complexity index is 1390. The van der Waals surface area contributed by atoms with Gasteiger partial charge in [-0.05, 0) is 62.1 Å². The maximum absolute atomic E-state index is 14.0. The summed E-state index contributed by atoms with van der Waals surface area (Å²) in [7, 11) is 2.23. The molecule has 1 amide bonds. The van der Waals surface area contributed by atoms with E-state index in [2.05, 4.69) is 0 Å². The van der Waals surface area contributed by atoms with Gasteiger partial charge in [-0.15, -0.1) is 0 Å². The molecule has 9 heteroatoms. The number of carbonyl (C=O) groups excluding carboxylic acids is 1. The number of methoxy groups -OCH3 is 3. The molecule has 0 aliphatic carbocycles. The molecule has 8 nitrogen and oxygen atoms in total. The topological polar surface area (TPSA) is 85.4 Å². The SMILES string of the molecule is COc1cc(CN(C)C(=O)CN(Cc2ccc(C)cc2)S(=O)(=O)c2c(C)cc(C)cc2C)cc(OC)c1OC. The minimum absolute atomic E-state index is 0.0686. The number of hydrogen-bond donors (Lipinski definition) is 0. The summed E-state index contributed by atoms with van der Waals surface area (Å²) in [6, 6.07) is 14.9. The van der Waals surface area contributed by atoms with Crippen LogP contribution in [0.2, 0.25) is 0 Å². The fourth-order valence-electron chi connectivity index (χ4n) is 4.69. The van der Waals surface area contributed by atoms with Crippen LogP contribution >= 0.6 is 0 Å². The normalized spacial score (nSPS) is 11.4. The number of amides is 1. The average Bonchev–Trinajstić information content (AvgIpc) is 2.87. The molecule has 0 radical (unpaired) electrons. The second kappa shape index (κ2) is 12.5. The number of hydrogen-bond acceptors (Lipinski definition) is 6.